The molecule has 1 aliphatic carbocycles. The Labute approximate surface area is 125 Å². The maximum atomic E-state index is 10.6. The van der Waals surface area contributed by atoms with Gasteiger partial charge in [-0.15, -0.1) is 0 Å². The molecule has 1 aliphatic rings. The van der Waals surface area contributed by atoms with Crippen molar-refractivity contribution in [2.24, 2.45) is 16.8 Å². The van der Waals surface area contributed by atoms with Crippen LogP contribution in [0.25, 0.3) is 0 Å². The molecule has 2 atom stereocenters. The molecule has 116 valence electrons. The Morgan fingerprint density at radius 2 is 2.24 bits per heavy atom. The van der Waals surface area contributed by atoms with E-state index in [1.807, 2.05) is 24.3 Å². The van der Waals surface area contributed by atoms with Gasteiger partial charge >= 0.3 is 0 Å². The van der Waals surface area contributed by atoms with Crippen molar-refractivity contribution in [1.82, 2.24) is 5.32 Å². The largest absolute Gasteiger partial charge is 0.409 e. The number of rotatable bonds is 5. The quantitative estimate of drug-likeness (QED) is 0.288. The Morgan fingerprint density at radius 3 is 2.95 bits per heavy atom. The predicted molar refractivity (Wildman–Crippen MR) is 83.2 cm³/mol. The molecule has 5 N–H and O–H groups in total. The van der Waals surface area contributed by atoms with Gasteiger partial charge in [-0.25, -0.2) is 0 Å². The van der Waals surface area contributed by atoms with Crippen LogP contribution in [0.1, 0.15) is 43.7 Å². The molecule has 5 nitrogen and oxygen atoms in total. The Morgan fingerprint density at radius 1 is 1.48 bits per heavy atom. The summed E-state index contributed by atoms with van der Waals surface area (Å²) in [6, 6.07) is 7.53. The van der Waals surface area contributed by atoms with Gasteiger partial charge in [0, 0.05) is 18.7 Å². The molecule has 2 rings (SSSR count). The number of oxime groups is 1. The Balaban J connectivity index is 1.95. The number of aliphatic hydroxyl groups is 1. The predicted octanol–water partition coefficient (Wildman–Crippen LogP) is 1.81. The minimum Gasteiger partial charge on any atom is -0.409 e. The summed E-state index contributed by atoms with van der Waals surface area (Å²) in [5.74, 6) is 0.687. The summed E-state index contributed by atoms with van der Waals surface area (Å²) < 4.78 is 0. The topological polar surface area (TPSA) is 90.9 Å². The van der Waals surface area contributed by atoms with E-state index in [-0.39, 0.29) is 5.84 Å². The van der Waals surface area contributed by atoms with E-state index in [0.717, 1.165) is 30.4 Å². The van der Waals surface area contributed by atoms with Crippen LogP contribution in [0.2, 0.25) is 0 Å². The van der Waals surface area contributed by atoms with Crippen molar-refractivity contribution < 1.29 is 10.3 Å². The third-order valence-corrected chi connectivity index (χ3v) is 4.24. The number of benzene rings is 1. The van der Waals surface area contributed by atoms with Crippen LogP contribution in [-0.2, 0) is 6.54 Å². The third-order valence-electron chi connectivity index (χ3n) is 4.24. The summed E-state index contributed by atoms with van der Waals surface area (Å²) in [6.07, 6.45) is 3.99. The van der Waals surface area contributed by atoms with E-state index in [1.165, 1.54) is 6.42 Å². The number of hydrogen-bond donors (Lipinski definition) is 4. The molecular weight excluding hydrogens is 266 g/mol. The highest BCUT2D eigenvalue weighted by Crippen LogP contribution is 2.31. The van der Waals surface area contributed by atoms with Crippen molar-refractivity contribution in [3.63, 3.8) is 0 Å². The Kier molecular flexibility index (Phi) is 5.20. The molecular formula is C16H25N3O2. The van der Waals surface area contributed by atoms with E-state index in [0.29, 0.717) is 19.0 Å². The minimum absolute atomic E-state index is 0.109. The van der Waals surface area contributed by atoms with Crippen LogP contribution in [0.3, 0.4) is 0 Å². The van der Waals surface area contributed by atoms with Gasteiger partial charge in [-0.3, -0.25) is 0 Å². The first-order valence-electron chi connectivity index (χ1n) is 7.53. The molecule has 0 saturated heterocycles. The van der Waals surface area contributed by atoms with E-state index >= 15 is 0 Å². The molecule has 0 radical (unpaired) electrons. The van der Waals surface area contributed by atoms with Crippen molar-refractivity contribution in [3.05, 3.63) is 35.4 Å². The van der Waals surface area contributed by atoms with Gasteiger partial charge in [0.2, 0.25) is 0 Å². The number of nitrogens with one attached hydrogen (secondary N) is 1. The van der Waals surface area contributed by atoms with E-state index in [4.69, 9.17) is 10.9 Å². The summed E-state index contributed by atoms with van der Waals surface area (Å²) in [7, 11) is 0. The van der Waals surface area contributed by atoms with Gasteiger partial charge in [0.25, 0.3) is 0 Å². The lowest BCUT2D eigenvalue weighted by Crippen LogP contribution is -2.44. The molecule has 2 unspecified atom stereocenters. The van der Waals surface area contributed by atoms with Crippen molar-refractivity contribution in [2.75, 3.05) is 6.54 Å². The molecule has 5 heteroatoms. The van der Waals surface area contributed by atoms with E-state index in [2.05, 4.69) is 17.4 Å². The molecule has 1 aromatic rings. The lowest BCUT2D eigenvalue weighted by molar-refractivity contribution is -0.0119. The fraction of sp³-hybridized carbons (Fsp3) is 0.562. The fourth-order valence-electron chi connectivity index (χ4n) is 3.20. The molecule has 0 aliphatic heterocycles. The molecule has 1 saturated carbocycles. The second kappa shape index (κ2) is 6.91. The van der Waals surface area contributed by atoms with Crippen molar-refractivity contribution >= 4 is 5.84 Å². The molecule has 0 heterocycles. The first-order chi connectivity index (χ1) is 10.0. The first-order valence-corrected chi connectivity index (χ1v) is 7.53. The highest BCUT2D eigenvalue weighted by Gasteiger charge is 2.32. The van der Waals surface area contributed by atoms with Gasteiger partial charge in [0.1, 0.15) is 0 Å². The van der Waals surface area contributed by atoms with Crippen molar-refractivity contribution in [1.29, 1.82) is 0 Å². The molecule has 21 heavy (non-hydrogen) atoms. The highest BCUT2D eigenvalue weighted by atomic mass is 16.4. The van der Waals surface area contributed by atoms with E-state index in [9.17, 15) is 5.11 Å². The Hall–Kier alpha value is -1.59. The summed E-state index contributed by atoms with van der Waals surface area (Å²) in [5, 5.41) is 25.8. The van der Waals surface area contributed by atoms with Crippen LogP contribution in [0.4, 0.5) is 0 Å². The number of amidine groups is 1. The highest BCUT2D eigenvalue weighted by molar-refractivity contribution is 5.98. The van der Waals surface area contributed by atoms with Crippen LogP contribution >= 0.6 is 0 Å². The number of hydrogen-bond acceptors (Lipinski definition) is 4. The minimum atomic E-state index is -0.608. The summed E-state index contributed by atoms with van der Waals surface area (Å²) in [6.45, 7) is 3.35. The third kappa shape index (κ3) is 4.19. The van der Waals surface area contributed by atoms with Crippen LogP contribution in [0.15, 0.2) is 29.4 Å². The zero-order valence-corrected chi connectivity index (χ0v) is 12.5. The van der Waals surface area contributed by atoms with Gasteiger partial charge in [0.15, 0.2) is 5.84 Å². The molecule has 0 amide bonds. The van der Waals surface area contributed by atoms with E-state index < -0.39 is 5.60 Å². The normalized spacial score (nSPS) is 26.8. The maximum absolute atomic E-state index is 10.6. The van der Waals surface area contributed by atoms with Crippen LogP contribution < -0.4 is 11.1 Å². The maximum Gasteiger partial charge on any atom is 0.170 e. The van der Waals surface area contributed by atoms with Crippen molar-refractivity contribution in [2.45, 2.75) is 44.8 Å². The van der Waals surface area contributed by atoms with Gasteiger partial charge in [-0.2, -0.15) is 0 Å². The zero-order valence-electron chi connectivity index (χ0n) is 12.5. The lowest BCUT2D eigenvalue weighted by atomic mass is 9.79. The monoisotopic (exact) mass is 291 g/mol. The fourth-order valence-corrected chi connectivity index (χ4v) is 3.20. The van der Waals surface area contributed by atoms with Crippen LogP contribution in [0, 0.1) is 5.92 Å². The molecule has 1 fully saturated rings. The first kappa shape index (κ1) is 15.8. The van der Waals surface area contributed by atoms with Crippen molar-refractivity contribution in [3.8, 4) is 0 Å². The van der Waals surface area contributed by atoms with Crippen LogP contribution in [0.5, 0.6) is 0 Å². The van der Waals surface area contributed by atoms with Gasteiger partial charge < -0.3 is 21.4 Å². The van der Waals surface area contributed by atoms with Gasteiger partial charge in [-0.05, 0) is 24.3 Å². The summed E-state index contributed by atoms with van der Waals surface area (Å²) >= 11 is 0. The number of nitrogens with zero attached hydrogens (tertiary/aromatic N) is 1. The molecule has 1 aromatic carbocycles. The molecule has 0 aromatic heterocycles. The smallest absolute Gasteiger partial charge is 0.170 e. The second-order valence-electron chi connectivity index (χ2n) is 6.17. The van der Waals surface area contributed by atoms with Crippen LogP contribution in [-0.4, -0.2) is 28.3 Å². The molecule has 0 bridgehead atoms. The van der Waals surface area contributed by atoms with E-state index in [1.54, 1.807) is 0 Å². The Bertz CT molecular complexity index is 504. The SMILES string of the molecule is CC1CCCC(O)(CNCc2ccccc2C(N)=NO)C1. The van der Waals surface area contributed by atoms with Gasteiger partial charge in [-0.1, -0.05) is 49.2 Å². The average Bonchev–Trinajstić information content (AvgIpc) is 2.46. The standard InChI is InChI=1S/C16H25N3O2/c1-12-5-4-8-16(20,9-12)11-18-10-13-6-2-3-7-14(13)15(17)19-21/h2-3,6-7,12,18,20-21H,4-5,8-11H2,1H3,(H2,17,19). The summed E-state index contributed by atoms with van der Waals surface area (Å²) in [4.78, 5) is 0. The van der Waals surface area contributed by atoms with Gasteiger partial charge in [0.05, 0.1) is 5.60 Å². The number of nitrogens with two attached hydrogens (primary N) is 1. The average molecular weight is 291 g/mol. The zero-order chi connectivity index (χ0) is 15.3. The lowest BCUT2D eigenvalue weighted by Gasteiger charge is -2.35. The second-order valence-corrected chi connectivity index (χ2v) is 6.17. The summed E-state index contributed by atoms with van der Waals surface area (Å²) in [5.41, 5.74) is 6.75. The molecule has 0 spiro atoms.